The number of nitrogens with one attached hydrogen (secondary N) is 2. The summed E-state index contributed by atoms with van der Waals surface area (Å²) in [5.74, 6) is -0.481. The van der Waals surface area contributed by atoms with Gasteiger partial charge in [-0.2, -0.15) is 0 Å². The predicted octanol–water partition coefficient (Wildman–Crippen LogP) is 3.69. The summed E-state index contributed by atoms with van der Waals surface area (Å²) in [6.45, 7) is 3.29. The highest BCUT2D eigenvalue weighted by molar-refractivity contribution is 6.02. The van der Waals surface area contributed by atoms with Crippen molar-refractivity contribution in [1.29, 1.82) is 0 Å². The van der Waals surface area contributed by atoms with Crippen LogP contribution in [0.1, 0.15) is 36.0 Å². The predicted molar refractivity (Wildman–Crippen MR) is 173 cm³/mol. The number of aliphatic hydroxyl groups is 2. The molecule has 10 nitrogen and oxygen atoms in total. The summed E-state index contributed by atoms with van der Waals surface area (Å²) in [6, 6.07) is 13.2. The molecule has 0 saturated carbocycles. The van der Waals surface area contributed by atoms with Gasteiger partial charge in [0.15, 0.2) is 17.3 Å². The van der Waals surface area contributed by atoms with Gasteiger partial charge in [0.1, 0.15) is 16.8 Å². The number of halogens is 1. The Balaban J connectivity index is 1.36. The summed E-state index contributed by atoms with van der Waals surface area (Å²) in [5.41, 5.74) is 0.553. The molecule has 4 N–H and O–H groups in total. The molecule has 0 radical (unpaired) electrons. The molecule has 0 spiro atoms. The van der Waals surface area contributed by atoms with Crippen LogP contribution < -0.4 is 20.8 Å². The molecule has 4 aromatic rings. The minimum absolute atomic E-state index is 0.0196. The Kier molecular flexibility index (Phi) is 9.32. The number of carbonyl (C=O) groups excluding carboxylic acids is 1. The van der Waals surface area contributed by atoms with Crippen molar-refractivity contribution >= 4 is 33.3 Å². The maximum Gasteiger partial charge on any atom is 0.256 e. The van der Waals surface area contributed by atoms with Crippen LogP contribution in [0.4, 0.5) is 10.1 Å². The Morgan fingerprint density at radius 1 is 1.09 bits per heavy atom. The number of carbonyl (C=O) groups is 1. The zero-order valence-electron chi connectivity index (χ0n) is 25.5. The minimum Gasteiger partial charge on any atom is -0.451 e. The maximum atomic E-state index is 15.8. The first-order valence-electron chi connectivity index (χ1n) is 15.7. The Hall–Kier alpha value is -4.03. The average Bonchev–Trinajstić information content (AvgIpc) is 3.44. The first kappa shape index (κ1) is 31.0. The summed E-state index contributed by atoms with van der Waals surface area (Å²) < 4.78 is 24.0. The van der Waals surface area contributed by atoms with Crippen LogP contribution in [-0.4, -0.2) is 96.1 Å². The molecule has 2 aliphatic heterocycles. The summed E-state index contributed by atoms with van der Waals surface area (Å²) in [5, 5.41) is 26.6. The van der Waals surface area contributed by atoms with Gasteiger partial charge >= 0.3 is 0 Å². The van der Waals surface area contributed by atoms with Crippen molar-refractivity contribution < 1.29 is 24.1 Å². The quantitative estimate of drug-likeness (QED) is 0.148. The van der Waals surface area contributed by atoms with Crippen molar-refractivity contribution in [3.63, 3.8) is 0 Å². The molecule has 11 heteroatoms. The molecule has 1 amide bonds. The van der Waals surface area contributed by atoms with Gasteiger partial charge in [0, 0.05) is 38.4 Å². The summed E-state index contributed by atoms with van der Waals surface area (Å²) in [4.78, 5) is 31.4. The number of aromatic nitrogens is 1. The molecule has 1 aromatic heterocycles. The Morgan fingerprint density at radius 2 is 1.84 bits per heavy atom. The lowest BCUT2D eigenvalue weighted by atomic mass is 10.0. The van der Waals surface area contributed by atoms with Crippen LogP contribution in [0.3, 0.4) is 0 Å². The van der Waals surface area contributed by atoms with Crippen LogP contribution in [0.2, 0.25) is 0 Å². The van der Waals surface area contributed by atoms with Crippen LogP contribution in [0.5, 0.6) is 11.5 Å². The van der Waals surface area contributed by atoms with Gasteiger partial charge in [-0.05, 0) is 74.8 Å². The van der Waals surface area contributed by atoms with E-state index in [0.717, 1.165) is 36.6 Å². The minimum atomic E-state index is -0.658. The molecule has 3 heterocycles. The number of hydrogen-bond acceptors (Lipinski definition) is 8. The SMILES string of the molecule is CN1CCCC1CCNC(=O)c1cn2c3c(c(NCCCN(CCO)CCO)c(F)cc3c1=O)Oc1cc3ccccc3cc1-2. The maximum absolute atomic E-state index is 15.8. The zero-order valence-corrected chi connectivity index (χ0v) is 25.5. The number of likely N-dealkylation sites (tertiary alicyclic amines) is 1. The molecule has 3 aromatic carbocycles. The number of hydrogen-bond donors (Lipinski definition) is 4. The van der Waals surface area contributed by atoms with Gasteiger partial charge in [0.25, 0.3) is 5.91 Å². The molecule has 0 aliphatic carbocycles. The normalized spacial score (nSPS) is 15.9. The third-order valence-electron chi connectivity index (χ3n) is 8.96. The second-order valence-electron chi connectivity index (χ2n) is 11.9. The van der Waals surface area contributed by atoms with E-state index in [1.54, 1.807) is 10.8 Å². The standard InChI is InChI=1S/C34H40FN5O5/c1-38-12-4-8-24(38)9-11-37-34(44)26-21-40-28-18-22-6-2-3-7-23(22)19-29(28)45-33-30(27(35)20-25(31(33)40)32(26)43)36-10-5-13-39(14-16-41)15-17-42/h2-3,6-7,18-21,24,36,41-42H,4-5,8-17H2,1H3,(H,37,44). The molecule has 45 heavy (non-hydrogen) atoms. The van der Waals surface area contributed by atoms with E-state index < -0.39 is 17.2 Å². The van der Waals surface area contributed by atoms with Gasteiger partial charge in [-0.3, -0.25) is 14.5 Å². The number of anilines is 1. The third kappa shape index (κ3) is 6.26. The number of rotatable bonds is 13. The first-order chi connectivity index (χ1) is 21.9. The molecule has 1 unspecified atom stereocenters. The van der Waals surface area contributed by atoms with Gasteiger partial charge in [0.05, 0.1) is 24.3 Å². The number of benzene rings is 3. The highest BCUT2D eigenvalue weighted by Gasteiger charge is 2.29. The highest BCUT2D eigenvalue weighted by Crippen LogP contribution is 2.46. The highest BCUT2D eigenvalue weighted by atomic mass is 19.1. The molecule has 0 bridgehead atoms. The average molecular weight is 618 g/mol. The van der Waals surface area contributed by atoms with Crippen molar-refractivity contribution in [2.24, 2.45) is 0 Å². The number of amides is 1. The molecule has 1 atom stereocenters. The summed E-state index contributed by atoms with van der Waals surface area (Å²) in [7, 11) is 2.09. The second-order valence-corrected chi connectivity index (χ2v) is 11.9. The lowest BCUT2D eigenvalue weighted by Gasteiger charge is -2.27. The van der Waals surface area contributed by atoms with E-state index in [-0.39, 0.29) is 35.6 Å². The molecule has 238 valence electrons. The van der Waals surface area contributed by atoms with E-state index in [9.17, 15) is 19.8 Å². The first-order valence-corrected chi connectivity index (χ1v) is 15.7. The van der Waals surface area contributed by atoms with Crippen LogP contribution >= 0.6 is 0 Å². The number of ether oxygens (including phenoxy) is 1. The Morgan fingerprint density at radius 3 is 2.56 bits per heavy atom. The smallest absolute Gasteiger partial charge is 0.256 e. The molecule has 1 fully saturated rings. The Bertz CT molecular complexity index is 1770. The van der Waals surface area contributed by atoms with E-state index in [4.69, 9.17) is 4.74 Å². The molecular weight excluding hydrogens is 577 g/mol. The number of pyridine rings is 1. The fourth-order valence-corrected chi connectivity index (χ4v) is 6.56. The molecule has 2 aliphatic rings. The van der Waals surface area contributed by atoms with Crippen molar-refractivity contribution in [2.45, 2.75) is 31.7 Å². The van der Waals surface area contributed by atoms with Gasteiger partial charge in [0.2, 0.25) is 5.43 Å². The van der Waals surface area contributed by atoms with Gasteiger partial charge in [-0.25, -0.2) is 4.39 Å². The second kappa shape index (κ2) is 13.5. The van der Waals surface area contributed by atoms with E-state index in [0.29, 0.717) is 62.1 Å². The van der Waals surface area contributed by atoms with Crippen LogP contribution in [0.25, 0.3) is 27.4 Å². The molecule has 1 saturated heterocycles. The van der Waals surface area contributed by atoms with Crippen LogP contribution in [0.15, 0.2) is 53.5 Å². The topological polar surface area (TPSA) is 119 Å². The third-order valence-corrected chi connectivity index (χ3v) is 8.96. The number of nitrogens with zero attached hydrogens (tertiary/aromatic N) is 3. The lowest BCUT2D eigenvalue weighted by molar-refractivity contribution is 0.0948. The van der Waals surface area contributed by atoms with E-state index in [2.05, 4.69) is 22.6 Å². The number of fused-ring (bicyclic) bond motifs is 3. The van der Waals surface area contributed by atoms with Gasteiger partial charge in [-0.15, -0.1) is 0 Å². The van der Waals surface area contributed by atoms with Crippen molar-refractivity contribution in [2.75, 3.05) is 64.8 Å². The molecular formula is C34H40FN5O5. The zero-order chi connectivity index (χ0) is 31.5. The van der Waals surface area contributed by atoms with E-state index in [1.807, 2.05) is 41.3 Å². The fourth-order valence-electron chi connectivity index (χ4n) is 6.56. The van der Waals surface area contributed by atoms with Crippen molar-refractivity contribution in [3.05, 3.63) is 70.3 Å². The Labute approximate surface area is 261 Å². The van der Waals surface area contributed by atoms with E-state index in [1.165, 1.54) is 6.07 Å². The largest absolute Gasteiger partial charge is 0.451 e. The summed E-state index contributed by atoms with van der Waals surface area (Å²) >= 11 is 0. The van der Waals surface area contributed by atoms with Gasteiger partial charge in [-0.1, -0.05) is 24.3 Å². The number of aliphatic hydroxyl groups excluding tert-OH is 2. The lowest BCUT2D eigenvalue weighted by Crippen LogP contribution is -2.34. The van der Waals surface area contributed by atoms with Crippen molar-refractivity contribution in [1.82, 2.24) is 19.7 Å². The van der Waals surface area contributed by atoms with Crippen molar-refractivity contribution in [3.8, 4) is 17.2 Å². The fraction of sp³-hybridized carbons (Fsp3) is 0.412. The summed E-state index contributed by atoms with van der Waals surface area (Å²) in [6.07, 6.45) is 5.17. The van der Waals surface area contributed by atoms with Crippen LogP contribution in [-0.2, 0) is 0 Å². The van der Waals surface area contributed by atoms with Crippen LogP contribution in [0, 0.1) is 5.82 Å². The monoisotopic (exact) mass is 617 g/mol. The van der Waals surface area contributed by atoms with E-state index >= 15 is 4.39 Å². The molecule has 6 rings (SSSR count). The van der Waals surface area contributed by atoms with Gasteiger partial charge < -0.3 is 35.1 Å².